The molecule has 0 radical (unpaired) electrons. The molecular formula is C19H21NO6. The number of carbonyl (C=O) groups excluding carboxylic acids is 2. The molecule has 0 fully saturated rings. The van der Waals surface area contributed by atoms with Crippen LogP contribution < -0.4 is 9.47 Å². The number of rotatable bonds is 6. The van der Waals surface area contributed by atoms with Gasteiger partial charge in [-0.15, -0.1) is 0 Å². The smallest absolute Gasteiger partial charge is 0.359 e. The Balaban J connectivity index is 1.94. The summed E-state index contributed by atoms with van der Waals surface area (Å²) in [5, 5.41) is 0. The summed E-state index contributed by atoms with van der Waals surface area (Å²) in [5.74, 6) is -0.659. The lowest BCUT2D eigenvalue weighted by molar-refractivity contribution is 0.0451. The topological polar surface area (TPSA) is 76.0 Å². The zero-order chi connectivity index (χ0) is 18.5. The molecule has 1 aromatic carbocycles. The van der Waals surface area contributed by atoms with E-state index in [1.165, 1.54) is 4.57 Å². The zero-order valence-corrected chi connectivity index (χ0v) is 14.8. The van der Waals surface area contributed by atoms with E-state index in [4.69, 9.17) is 18.9 Å². The van der Waals surface area contributed by atoms with Gasteiger partial charge in [0.25, 0.3) is 0 Å². The van der Waals surface area contributed by atoms with E-state index in [2.05, 4.69) is 0 Å². The molecule has 0 unspecified atom stereocenters. The summed E-state index contributed by atoms with van der Waals surface area (Å²) < 4.78 is 23.3. The maximum atomic E-state index is 12.7. The van der Waals surface area contributed by atoms with E-state index >= 15 is 0 Å². The van der Waals surface area contributed by atoms with E-state index in [9.17, 15) is 9.59 Å². The molecule has 1 aromatic heterocycles. The highest BCUT2D eigenvalue weighted by molar-refractivity contribution is 5.99. The number of carbonyl (C=O) groups is 2. The molecule has 0 spiro atoms. The SMILES string of the molecule is CCOC(=O)c1c2c(c(C(=O)OCc3ccccc3)n1CC)OCCO2. The predicted molar refractivity (Wildman–Crippen MR) is 92.6 cm³/mol. The molecule has 0 N–H and O–H groups in total. The van der Waals surface area contributed by atoms with Crippen LogP contribution in [0, 0.1) is 0 Å². The van der Waals surface area contributed by atoms with Gasteiger partial charge in [-0.1, -0.05) is 30.3 Å². The molecule has 1 aliphatic heterocycles. The molecule has 0 atom stereocenters. The number of ether oxygens (including phenoxy) is 4. The molecule has 0 saturated carbocycles. The standard InChI is InChI=1S/C19H21NO6/c1-3-20-14(18(21)23-4-2)16-17(25-11-10-24-16)15(20)19(22)26-12-13-8-6-5-7-9-13/h5-9H,3-4,10-12H2,1-2H3. The Hall–Kier alpha value is -2.96. The Bertz CT molecular complexity index is 796. The minimum atomic E-state index is -0.576. The molecule has 2 heterocycles. The van der Waals surface area contributed by atoms with Gasteiger partial charge in [-0.3, -0.25) is 0 Å². The number of hydrogen-bond acceptors (Lipinski definition) is 6. The highest BCUT2D eigenvalue weighted by atomic mass is 16.6. The molecule has 26 heavy (non-hydrogen) atoms. The fourth-order valence-corrected chi connectivity index (χ4v) is 2.84. The Labute approximate surface area is 151 Å². The Morgan fingerprint density at radius 3 is 2.08 bits per heavy atom. The van der Waals surface area contributed by atoms with Crippen LogP contribution in [0.2, 0.25) is 0 Å². The third-order valence-corrected chi connectivity index (χ3v) is 3.94. The monoisotopic (exact) mass is 359 g/mol. The summed E-state index contributed by atoms with van der Waals surface area (Å²) in [5.41, 5.74) is 1.21. The highest BCUT2D eigenvalue weighted by Gasteiger charge is 2.35. The number of aromatic nitrogens is 1. The molecular weight excluding hydrogens is 338 g/mol. The minimum Gasteiger partial charge on any atom is -0.484 e. The highest BCUT2D eigenvalue weighted by Crippen LogP contribution is 2.41. The number of nitrogens with zero attached hydrogens (tertiary/aromatic N) is 1. The van der Waals surface area contributed by atoms with Gasteiger partial charge in [0.15, 0.2) is 22.9 Å². The van der Waals surface area contributed by atoms with Gasteiger partial charge in [-0.05, 0) is 19.4 Å². The van der Waals surface area contributed by atoms with Gasteiger partial charge in [-0.25, -0.2) is 9.59 Å². The maximum Gasteiger partial charge on any atom is 0.359 e. The van der Waals surface area contributed by atoms with Crippen LogP contribution in [0.15, 0.2) is 30.3 Å². The lowest BCUT2D eigenvalue weighted by atomic mass is 10.2. The quantitative estimate of drug-likeness (QED) is 0.738. The number of fused-ring (bicyclic) bond motifs is 1. The summed E-state index contributed by atoms with van der Waals surface area (Å²) in [4.78, 5) is 25.1. The van der Waals surface area contributed by atoms with Crippen molar-refractivity contribution in [3.63, 3.8) is 0 Å². The van der Waals surface area contributed by atoms with Crippen molar-refractivity contribution >= 4 is 11.9 Å². The Morgan fingerprint density at radius 1 is 0.962 bits per heavy atom. The van der Waals surface area contributed by atoms with Crippen LogP contribution in [-0.2, 0) is 22.6 Å². The summed E-state index contributed by atoms with van der Waals surface area (Å²) >= 11 is 0. The fourth-order valence-electron chi connectivity index (χ4n) is 2.84. The number of benzene rings is 1. The molecule has 7 heteroatoms. The number of esters is 2. The third kappa shape index (κ3) is 3.37. The average molecular weight is 359 g/mol. The van der Waals surface area contributed by atoms with E-state index in [0.29, 0.717) is 19.8 Å². The van der Waals surface area contributed by atoms with Gasteiger partial charge >= 0.3 is 11.9 Å². The lowest BCUT2D eigenvalue weighted by Gasteiger charge is -2.16. The largest absolute Gasteiger partial charge is 0.484 e. The summed E-state index contributed by atoms with van der Waals surface area (Å²) in [6, 6.07) is 9.36. The van der Waals surface area contributed by atoms with Crippen LogP contribution in [0.3, 0.4) is 0 Å². The minimum absolute atomic E-state index is 0.124. The van der Waals surface area contributed by atoms with Crippen LogP contribution in [0.5, 0.6) is 11.5 Å². The molecule has 0 aliphatic carbocycles. The fraction of sp³-hybridized carbons (Fsp3) is 0.368. The molecule has 0 saturated heterocycles. The van der Waals surface area contributed by atoms with Gasteiger partial charge in [0.2, 0.25) is 0 Å². The first kappa shape index (κ1) is 17.8. The normalized spacial score (nSPS) is 12.5. The van der Waals surface area contributed by atoms with E-state index < -0.39 is 11.9 Å². The summed E-state index contributed by atoms with van der Waals surface area (Å²) in [6.07, 6.45) is 0. The van der Waals surface area contributed by atoms with Gasteiger partial charge < -0.3 is 23.5 Å². The summed E-state index contributed by atoms with van der Waals surface area (Å²) in [6.45, 7) is 4.84. The van der Waals surface area contributed by atoms with Crippen molar-refractivity contribution in [3.05, 3.63) is 47.3 Å². The average Bonchev–Trinajstić information content (AvgIpc) is 3.01. The number of hydrogen-bond donors (Lipinski definition) is 0. The van der Waals surface area contributed by atoms with Crippen LogP contribution in [0.4, 0.5) is 0 Å². The first-order valence-electron chi connectivity index (χ1n) is 8.57. The van der Waals surface area contributed by atoms with Crippen LogP contribution in [0.25, 0.3) is 0 Å². The van der Waals surface area contributed by atoms with Crippen molar-refractivity contribution in [2.24, 2.45) is 0 Å². The van der Waals surface area contributed by atoms with Crippen molar-refractivity contribution in [1.82, 2.24) is 4.57 Å². The molecule has 138 valence electrons. The molecule has 1 aliphatic rings. The molecule has 0 amide bonds. The van der Waals surface area contributed by atoms with Crippen molar-refractivity contribution in [3.8, 4) is 11.5 Å². The Morgan fingerprint density at radius 2 is 1.54 bits per heavy atom. The van der Waals surface area contributed by atoms with Crippen LogP contribution >= 0.6 is 0 Å². The van der Waals surface area contributed by atoms with Gasteiger partial charge in [0.1, 0.15) is 19.8 Å². The molecule has 2 aromatic rings. The van der Waals surface area contributed by atoms with Crippen LogP contribution in [-0.4, -0.2) is 36.3 Å². The van der Waals surface area contributed by atoms with Gasteiger partial charge in [0, 0.05) is 6.54 Å². The van der Waals surface area contributed by atoms with E-state index in [1.54, 1.807) is 6.92 Å². The van der Waals surface area contributed by atoms with Gasteiger partial charge in [0.05, 0.1) is 6.61 Å². The van der Waals surface area contributed by atoms with E-state index in [-0.39, 0.29) is 36.1 Å². The molecule has 0 bridgehead atoms. The first-order valence-corrected chi connectivity index (χ1v) is 8.57. The Kier molecular flexibility index (Phi) is 5.46. The molecule has 7 nitrogen and oxygen atoms in total. The second-order valence-corrected chi connectivity index (χ2v) is 5.58. The first-order chi connectivity index (χ1) is 12.7. The second kappa shape index (κ2) is 7.95. The lowest BCUT2D eigenvalue weighted by Crippen LogP contribution is -2.17. The third-order valence-electron chi connectivity index (χ3n) is 3.94. The van der Waals surface area contributed by atoms with Crippen molar-refractivity contribution in [2.75, 3.05) is 19.8 Å². The van der Waals surface area contributed by atoms with Gasteiger partial charge in [-0.2, -0.15) is 0 Å². The van der Waals surface area contributed by atoms with E-state index in [1.807, 2.05) is 37.3 Å². The molecule has 3 rings (SSSR count). The second-order valence-electron chi connectivity index (χ2n) is 5.58. The van der Waals surface area contributed by atoms with Crippen LogP contribution in [0.1, 0.15) is 40.4 Å². The zero-order valence-electron chi connectivity index (χ0n) is 14.8. The van der Waals surface area contributed by atoms with E-state index in [0.717, 1.165) is 5.56 Å². The maximum absolute atomic E-state index is 12.7. The van der Waals surface area contributed by atoms with Crippen molar-refractivity contribution in [2.45, 2.75) is 27.0 Å². The van der Waals surface area contributed by atoms with Crippen molar-refractivity contribution < 1.29 is 28.5 Å². The predicted octanol–water partition coefficient (Wildman–Crippen LogP) is 2.81. The van der Waals surface area contributed by atoms with Crippen molar-refractivity contribution in [1.29, 1.82) is 0 Å². The summed E-state index contributed by atoms with van der Waals surface area (Å²) in [7, 11) is 0.